The van der Waals surface area contributed by atoms with Gasteiger partial charge in [-0.25, -0.2) is 9.97 Å². The molecule has 0 bridgehead atoms. The maximum absolute atomic E-state index is 5.61. The molecule has 0 aliphatic rings. The van der Waals surface area contributed by atoms with Gasteiger partial charge in [-0.05, 0) is 6.92 Å². The second-order valence-corrected chi connectivity index (χ2v) is 6.06. The molecule has 0 spiro atoms. The summed E-state index contributed by atoms with van der Waals surface area (Å²) in [5.74, 6) is 0.816. The largest absolute Gasteiger partial charge is 0.375 e. The van der Waals surface area contributed by atoms with Crippen LogP contribution < -0.4 is 11.5 Å². The number of thiazole rings is 2. The van der Waals surface area contributed by atoms with E-state index in [9.17, 15) is 0 Å². The Morgan fingerprint density at radius 1 is 1.33 bits per heavy atom. The van der Waals surface area contributed by atoms with Gasteiger partial charge in [-0.2, -0.15) is 0 Å². The van der Waals surface area contributed by atoms with E-state index in [1.807, 2.05) is 12.3 Å². The third-order valence-electron chi connectivity index (χ3n) is 1.69. The highest BCUT2D eigenvalue weighted by molar-refractivity contribution is 8.00. The normalized spacial score (nSPS) is 10.7. The fourth-order valence-electron chi connectivity index (χ4n) is 1.06. The summed E-state index contributed by atoms with van der Waals surface area (Å²) in [5, 5.41) is 3.21. The molecule has 0 saturated heterocycles. The second-order valence-electron chi connectivity index (χ2n) is 2.89. The van der Waals surface area contributed by atoms with E-state index >= 15 is 0 Å². The minimum absolute atomic E-state index is 0.617. The monoisotopic (exact) mass is 258 g/mol. The number of hydrogen-bond acceptors (Lipinski definition) is 7. The Balaban J connectivity index is 2.01. The highest BCUT2D eigenvalue weighted by Crippen LogP contribution is 2.32. The number of nitrogen functional groups attached to an aromatic ring is 2. The van der Waals surface area contributed by atoms with Crippen LogP contribution in [0.15, 0.2) is 9.59 Å². The van der Waals surface area contributed by atoms with Gasteiger partial charge in [-0.15, -0.1) is 23.1 Å². The van der Waals surface area contributed by atoms with Gasteiger partial charge >= 0.3 is 0 Å². The Kier molecular flexibility index (Phi) is 3.13. The third kappa shape index (κ3) is 2.61. The summed E-state index contributed by atoms with van der Waals surface area (Å²) < 4.78 is 1.15. The van der Waals surface area contributed by atoms with Gasteiger partial charge in [-0.1, -0.05) is 11.3 Å². The van der Waals surface area contributed by atoms with Crippen molar-refractivity contribution in [3.63, 3.8) is 0 Å². The fraction of sp³-hybridized carbons (Fsp3) is 0.250. The van der Waals surface area contributed by atoms with Crippen molar-refractivity contribution in [3.05, 3.63) is 16.8 Å². The molecule has 80 valence electrons. The first-order chi connectivity index (χ1) is 7.15. The molecule has 0 atom stereocenters. The lowest BCUT2D eigenvalue weighted by atomic mass is 10.6. The van der Waals surface area contributed by atoms with Gasteiger partial charge < -0.3 is 11.5 Å². The number of aryl methyl sites for hydroxylation is 1. The molecule has 4 nitrogen and oxygen atoms in total. The molecule has 7 heteroatoms. The average Bonchev–Trinajstić information content (AvgIpc) is 2.70. The lowest BCUT2D eigenvalue weighted by Gasteiger charge is -1.95. The van der Waals surface area contributed by atoms with Crippen molar-refractivity contribution in [2.45, 2.75) is 16.9 Å². The number of nitrogens with zero attached hydrogens (tertiary/aromatic N) is 2. The SMILES string of the molecule is Cc1nc(N)sc1SCc1csc(N)n1. The summed E-state index contributed by atoms with van der Waals surface area (Å²) in [6.45, 7) is 1.96. The van der Waals surface area contributed by atoms with Crippen LogP contribution in [0.2, 0.25) is 0 Å². The average molecular weight is 258 g/mol. The van der Waals surface area contributed by atoms with Crippen LogP contribution in [0.5, 0.6) is 0 Å². The number of rotatable bonds is 3. The zero-order valence-electron chi connectivity index (χ0n) is 8.06. The molecule has 0 aliphatic heterocycles. The van der Waals surface area contributed by atoms with E-state index in [2.05, 4.69) is 9.97 Å². The van der Waals surface area contributed by atoms with Crippen molar-refractivity contribution >= 4 is 44.7 Å². The van der Waals surface area contributed by atoms with Gasteiger partial charge in [0.25, 0.3) is 0 Å². The van der Waals surface area contributed by atoms with Gasteiger partial charge in [0, 0.05) is 11.1 Å². The van der Waals surface area contributed by atoms with Crippen LogP contribution >= 0.6 is 34.4 Å². The van der Waals surface area contributed by atoms with Crippen LogP contribution in [0.1, 0.15) is 11.4 Å². The summed E-state index contributed by atoms with van der Waals surface area (Å²) in [4.78, 5) is 8.35. The van der Waals surface area contributed by atoms with E-state index in [0.29, 0.717) is 10.3 Å². The van der Waals surface area contributed by atoms with Crippen molar-refractivity contribution in [1.82, 2.24) is 9.97 Å². The van der Waals surface area contributed by atoms with Crippen LogP contribution in [-0.4, -0.2) is 9.97 Å². The number of hydrogen-bond donors (Lipinski definition) is 2. The van der Waals surface area contributed by atoms with E-state index in [-0.39, 0.29) is 0 Å². The predicted molar refractivity (Wildman–Crippen MR) is 67.4 cm³/mol. The van der Waals surface area contributed by atoms with Gasteiger partial charge in [-0.3, -0.25) is 0 Å². The molecule has 0 unspecified atom stereocenters. The second kappa shape index (κ2) is 4.38. The molecule has 0 aliphatic carbocycles. The zero-order chi connectivity index (χ0) is 10.8. The molecule has 0 fully saturated rings. The van der Waals surface area contributed by atoms with Crippen LogP contribution in [0.4, 0.5) is 10.3 Å². The smallest absolute Gasteiger partial charge is 0.181 e. The molecular formula is C8H10N4S3. The first kappa shape index (κ1) is 10.7. The number of thioether (sulfide) groups is 1. The highest BCUT2D eigenvalue weighted by Gasteiger charge is 2.07. The molecule has 2 aromatic rings. The van der Waals surface area contributed by atoms with E-state index in [1.54, 1.807) is 11.8 Å². The lowest BCUT2D eigenvalue weighted by Crippen LogP contribution is -1.84. The molecule has 4 N–H and O–H groups in total. The molecule has 0 aromatic carbocycles. The summed E-state index contributed by atoms with van der Waals surface area (Å²) >= 11 is 4.68. The lowest BCUT2D eigenvalue weighted by molar-refractivity contribution is 1.20. The molecule has 0 radical (unpaired) electrons. The minimum Gasteiger partial charge on any atom is -0.375 e. The fourth-order valence-corrected chi connectivity index (χ4v) is 3.65. The Labute approximate surface area is 99.7 Å². The van der Waals surface area contributed by atoms with Crippen molar-refractivity contribution < 1.29 is 0 Å². The first-order valence-corrected chi connectivity index (χ1v) is 6.89. The number of aromatic nitrogens is 2. The van der Waals surface area contributed by atoms with E-state index in [0.717, 1.165) is 21.3 Å². The van der Waals surface area contributed by atoms with E-state index in [1.165, 1.54) is 22.7 Å². The number of nitrogens with two attached hydrogens (primary N) is 2. The molecule has 0 saturated carbocycles. The Morgan fingerprint density at radius 3 is 2.67 bits per heavy atom. The summed E-state index contributed by atoms with van der Waals surface area (Å²) in [7, 11) is 0. The van der Waals surface area contributed by atoms with Crippen molar-refractivity contribution in [2.24, 2.45) is 0 Å². The van der Waals surface area contributed by atoms with Crippen molar-refractivity contribution in [1.29, 1.82) is 0 Å². The van der Waals surface area contributed by atoms with Gasteiger partial charge in [0.05, 0.1) is 15.6 Å². The minimum atomic E-state index is 0.617. The zero-order valence-corrected chi connectivity index (χ0v) is 10.5. The van der Waals surface area contributed by atoms with Crippen LogP contribution in [0, 0.1) is 6.92 Å². The Hall–Kier alpha value is -0.790. The van der Waals surface area contributed by atoms with Crippen molar-refractivity contribution in [2.75, 3.05) is 11.5 Å². The van der Waals surface area contributed by atoms with Gasteiger partial charge in [0.1, 0.15) is 0 Å². The number of anilines is 2. The quantitative estimate of drug-likeness (QED) is 0.826. The Bertz CT molecular complexity index is 462. The maximum Gasteiger partial charge on any atom is 0.181 e. The standard InChI is InChI=1S/C8H10N4S3/c1-4-6(15-8(10)11-4)13-2-5-3-14-7(9)12-5/h3H,2H2,1H3,(H2,9,12)(H2,10,11). The van der Waals surface area contributed by atoms with E-state index in [4.69, 9.17) is 11.5 Å². The van der Waals surface area contributed by atoms with Crippen molar-refractivity contribution in [3.8, 4) is 0 Å². The van der Waals surface area contributed by atoms with Crippen LogP contribution in [-0.2, 0) is 5.75 Å². The van der Waals surface area contributed by atoms with E-state index < -0.39 is 0 Å². The summed E-state index contributed by atoms with van der Waals surface area (Å²) in [6.07, 6.45) is 0. The summed E-state index contributed by atoms with van der Waals surface area (Å²) in [5.41, 5.74) is 13.2. The summed E-state index contributed by atoms with van der Waals surface area (Å²) in [6, 6.07) is 0. The molecule has 0 amide bonds. The predicted octanol–water partition coefficient (Wildman–Crippen LogP) is 2.36. The van der Waals surface area contributed by atoms with Gasteiger partial charge in [0.15, 0.2) is 10.3 Å². The maximum atomic E-state index is 5.61. The highest BCUT2D eigenvalue weighted by atomic mass is 32.2. The van der Waals surface area contributed by atoms with Crippen LogP contribution in [0.3, 0.4) is 0 Å². The molecule has 2 aromatic heterocycles. The van der Waals surface area contributed by atoms with Gasteiger partial charge in [0.2, 0.25) is 0 Å². The molecule has 2 heterocycles. The topological polar surface area (TPSA) is 77.8 Å². The first-order valence-electron chi connectivity index (χ1n) is 4.20. The molecule has 15 heavy (non-hydrogen) atoms. The Morgan fingerprint density at radius 2 is 2.13 bits per heavy atom. The van der Waals surface area contributed by atoms with Crippen LogP contribution in [0.25, 0.3) is 0 Å². The molecule has 2 rings (SSSR count). The third-order valence-corrected chi connectivity index (χ3v) is 4.80. The molecular weight excluding hydrogens is 248 g/mol.